The molecule has 1 aromatic carbocycles. The fraction of sp³-hybridized carbons (Fsp3) is 0.429. The fourth-order valence-electron chi connectivity index (χ4n) is 2.68. The molecule has 1 aliphatic rings. The zero-order valence-electron chi connectivity index (χ0n) is 12.4. The summed E-state index contributed by atoms with van der Waals surface area (Å²) in [6, 6.07) is 5.72. The van der Waals surface area contributed by atoms with Gasteiger partial charge in [0.05, 0.1) is 17.4 Å². The second-order valence-electron chi connectivity index (χ2n) is 5.47. The number of nitriles is 1. The number of hydrogen-bond acceptors (Lipinski definition) is 4. The Labute approximate surface area is 136 Å². The van der Waals surface area contributed by atoms with Crippen LogP contribution in [0.5, 0.6) is 0 Å². The predicted octanol–water partition coefficient (Wildman–Crippen LogP) is 1.75. The third-order valence-electron chi connectivity index (χ3n) is 3.99. The number of aliphatic carboxylic acids is 1. The topological polar surface area (TPSA) is 98.5 Å². The van der Waals surface area contributed by atoms with Crippen molar-refractivity contribution in [2.24, 2.45) is 11.8 Å². The lowest BCUT2D eigenvalue weighted by Crippen LogP contribution is -2.34. The zero-order chi connectivity index (χ0) is 18.3. The largest absolute Gasteiger partial charge is 0.481 e. The normalized spacial score (nSPS) is 22.3. The van der Waals surface area contributed by atoms with Crippen LogP contribution in [0.2, 0.25) is 0 Å². The lowest BCUT2D eigenvalue weighted by Gasteiger charge is -2.19. The van der Waals surface area contributed by atoms with Crippen LogP contribution >= 0.6 is 0 Å². The highest BCUT2D eigenvalue weighted by molar-refractivity contribution is 7.89. The van der Waals surface area contributed by atoms with E-state index in [-0.39, 0.29) is 5.56 Å². The van der Waals surface area contributed by atoms with Crippen molar-refractivity contribution in [2.45, 2.75) is 18.0 Å². The molecule has 0 amide bonds. The molecule has 0 spiro atoms. The molecule has 130 valence electrons. The van der Waals surface area contributed by atoms with Crippen LogP contribution in [-0.4, -0.2) is 43.1 Å². The molecule has 0 radical (unpaired) electrons. The van der Waals surface area contributed by atoms with Crippen LogP contribution in [0, 0.1) is 30.1 Å². The maximum Gasteiger partial charge on any atom is 0.393 e. The van der Waals surface area contributed by atoms with Gasteiger partial charge in [0.2, 0.25) is 10.0 Å². The van der Waals surface area contributed by atoms with Crippen LogP contribution in [0.3, 0.4) is 0 Å². The number of alkyl halides is 3. The van der Waals surface area contributed by atoms with Crippen LogP contribution in [0.25, 0.3) is 0 Å². The van der Waals surface area contributed by atoms with E-state index in [2.05, 4.69) is 0 Å². The lowest BCUT2D eigenvalue weighted by molar-refractivity contribution is -0.187. The van der Waals surface area contributed by atoms with Gasteiger partial charge in [-0.2, -0.15) is 22.7 Å². The highest BCUT2D eigenvalue weighted by Gasteiger charge is 2.55. The predicted molar refractivity (Wildman–Crippen MR) is 75.3 cm³/mol. The molecule has 1 aromatic rings. The Hall–Kier alpha value is -2.12. The number of carbonyl (C=O) groups is 1. The summed E-state index contributed by atoms with van der Waals surface area (Å²) in [5, 5.41) is 18.1. The van der Waals surface area contributed by atoms with Gasteiger partial charge in [0, 0.05) is 13.1 Å². The van der Waals surface area contributed by atoms with Crippen molar-refractivity contribution in [1.29, 1.82) is 5.26 Å². The molecule has 10 heteroatoms. The van der Waals surface area contributed by atoms with E-state index in [1.165, 1.54) is 19.1 Å². The zero-order valence-corrected chi connectivity index (χ0v) is 13.2. The summed E-state index contributed by atoms with van der Waals surface area (Å²) in [6.45, 7) is -0.275. The van der Waals surface area contributed by atoms with Gasteiger partial charge in [-0.05, 0) is 18.6 Å². The molecule has 2 atom stereocenters. The fourth-order valence-corrected chi connectivity index (χ4v) is 4.39. The van der Waals surface area contributed by atoms with Gasteiger partial charge in [-0.25, -0.2) is 8.42 Å². The number of benzene rings is 1. The van der Waals surface area contributed by atoms with Gasteiger partial charge in [-0.1, -0.05) is 12.1 Å². The Bertz CT molecular complexity index is 814. The number of rotatable bonds is 3. The summed E-state index contributed by atoms with van der Waals surface area (Å²) in [4.78, 5) is 10.7. The Kier molecular flexibility index (Phi) is 4.61. The van der Waals surface area contributed by atoms with Gasteiger partial charge in [0.15, 0.2) is 0 Å². The molecule has 24 heavy (non-hydrogen) atoms. The van der Waals surface area contributed by atoms with Gasteiger partial charge in [-0.15, -0.1) is 0 Å². The summed E-state index contributed by atoms with van der Waals surface area (Å²) in [7, 11) is -4.42. The molecule has 1 heterocycles. The minimum atomic E-state index is -4.84. The maximum atomic E-state index is 13.0. The Morgan fingerprint density at radius 1 is 1.38 bits per heavy atom. The highest BCUT2D eigenvalue weighted by atomic mass is 32.2. The minimum Gasteiger partial charge on any atom is -0.481 e. The SMILES string of the molecule is Cc1cccc(S(=O)(=O)N2C[C@@H](C(F)(F)F)[C@H](C(=O)O)C2)c1C#N. The van der Waals surface area contributed by atoms with Crippen molar-refractivity contribution in [3.8, 4) is 6.07 Å². The number of aryl methyl sites for hydroxylation is 1. The molecular weight excluding hydrogens is 349 g/mol. The van der Waals surface area contributed by atoms with E-state index in [0.29, 0.717) is 9.87 Å². The van der Waals surface area contributed by atoms with Crippen molar-refractivity contribution in [3.63, 3.8) is 0 Å². The lowest BCUT2D eigenvalue weighted by atomic mass is 9.96. The number of sulfonamides is 1. The first-order chi connectivity index (χ1) is 11.0. The Morgan fingerprint density at radius 3 is 2.46 bits per heavy atom. The number of nitrogens with zero attached hydrogens (tertiary/aromatic N) is 2. The summed E-state index contributed by atoms with van der Waals surface area (Å²) >= 11 is 0. The van der Waals surface area contributed by atoms with Gasteiger partial charge in [-0.3, -0.25) is 4.79 Å². The third-order valence-corrected chi connectivity index (χ3v) is 5.86. The van der Waals surface area contributed by atoms with Crippen LogP contribution in [0.1, 0.15) is 11.1 Å². The summed E-state index contributed by atoms with van der Waals surface area (Å²) in [5.74, 6) is -5.88. The van der Waals surface area contributed by atoms with E-state index in [1.807, 2.05) is 0 Å². The first-order valence-electron chi connectivity index (χ1n) is 6.79. The van der Waals surface area contributed by atoms with Crippen molar-refractivity contribution >= 4 is 16.0 Å². The average Bonchev–Trinajstić information content (AvgIpc) is 2.93. The molecule has 0 unspecified atom stereocenters. The molecule has 0 aliphatic carbocycles. The average molecular weight is 362 g/mol. The maximum absolute atomic E-state index is 13.0. The third kappa shape index (κ3) is 3.09. The molecule has 2 rings (SSSR count). The van der Waals surface area contributed by atoms with E-state index < -0.39 is 52.0 Å². The van der Waals surface area contributed by atoms with Crippen LogP contribution < -0.4 is 0 Å². The summed E-state index contributed by atoms with van der Waals surface area (Å²) in [6.07, 6.45) is -4.84. The standard InChI is InChI=1S/C14H13F3N2O4S/c1-8-3-2-4-12(9(8)5-18)24(22,23)19-6-10(13(20)21)11(7-19)14(15,16)17/h2-4,10-11H,6-7H2,1H3,(H,20,21)/t10-,11-/m1/s1. The minimum absolute atomic E-state index is 0.167. The van der Waals surface area contributed by atoms with Gasteiger partial charge in [0.25, 0.3) is 0 Å². The molecule has 6 nitrogen and oxygen atoms in total. The smallest absolute Gasteiger partial charge is 0.393 e. The second kappa shape index (κ2) is 6.07. The van der Waals surface area contributed by atoms with Gasteiger partial charge < -0.3 is 5.11 Å². The Morgan fingerprint density at radius 2 is 2.00 bits per heavy atom. The first kappa shape index (κ1) is 18.2. The number of carboxylic acids is 1. The monoisotopic (exact) mass is 362 g/mol. The van der Waals surface area contributed by atoms with Crippen molar-refractivity contribution < 1.29 is 31.5 Å². The summed E-state index contributed by atoms with van der Waals surface area (Å²) in [5.41, 5.74) is 0.194. The van der Waals surface area contributed by atoms with Gasteiger partial charge in [0.1, 0.15) is 11.0 Å². The van der Waals surface area contributed by atoms with E-state index >= 15 is 0 Å². The van der Waals surface area contributed by atoms with E-state index in [0.717, 1.165) is 6.07 Å². The van der Waals surface area contributed by atoms with E-state index in [4.69, 9.17) is 10.4 Å². The molecule has 1 fully saturated rings. The van der Waals surface area contributed by atoms with Crippen LogP contribution in [0.15, 0.2) is 23.1 Å². The molecular formula is C14H13F3N2O4S. The van der Waals surface area contributed by atoms with Crippen LogP contribution in [0.4, 0.5) is 13.2 Å². The number of carboxylic acid groups (broad SMARTS) is 1. The number of halogens is 3. The molecule has 0 aromatic heterocycles. The molecule has 1 saturated heterocycles. The van der Waals surface area contributed by atoms with Gasteiger partial charge >= 0.3 is 12.1 Å². The molecule has 1 aliphatic heterocycles. The number of hydrogen-bond donors (Lipinski definition) is 1. The summed E-state index contributed by atoms with van der Waals surface area (Å²) < 4.78 is 64.8. The van der Waals surface area contributed by atoms with Crippen molar-refractivity contribution in [2.75, 3.05) is 13.1 Å². The molecule has 1 N–H and O–H groups in total. The van der Waals surface area contributed by atoms with Crippen molar-refractivity contribution in [3.05, 3.63) is 29.3 Å². The quantitative estimate of drug-likeness (QED) is 0.883. The van der Waals surface area contributed by atoms with E-state index in [9.17, 15) is 26.4 Å². The molecule has 0 bridgehead atoms. The first-order valence-corrected chi connectivity index (χ1v) is 8.23. The Balaban J connectivity index is 2.48. The van der Waals surface area contributed by atoms with Crippen molar-refractivity contribution in [1.82, 2.24) is 4.31 Å². The molecule has 0 saturated carbocycles. The second-order valence-corrected chi connectivity index (χ2v) is 7.38. The van der Waals surface area contributed by atoms with E-state index in [1.54, 1.807) is 6.07 Å². The van der Waals surface area contributed by atoms with Crippen LogP contribution in [-0.2, 0) is 14.8 Å². The highest BCUT2D eigenvalue weighted by Crippen LogP contribution is 2.40.